The Morgan fingerprint density at radius 1 is 1.00 bits per heavy atom. The van der Waals surface area contributed by atoms with Crippen LogP contribution in [0.2, 0.25) is 0 Å². The maximum absolute atomic E-state index is 0. The smallest absolute Gasteiger partial charge is 0 e. The first-order valence-corrected chi connectivity index (χ1v) is 0. The zero-order valence-corrected chi connectivity index (χ0v) is 12.1. The zero-order chi connectivity index (χ0) is 0. The third-order valence-corrected chi connectivity index (χ3v) is 0. The Labute approximate surface area is 83.0 Å². The summed E-state index contributed by atoms with van der Waals surface area (Å²) in [5.74, 6) is 0. The molecule has 4 heteroatoms. The van der Waals surface area contributed by atoms with E-state index in [1.807, 2.05) is 0 Å². The van der Waals surface area contributed by atoms with Gasteiger partial charge in [0.1, 0.15) is 0 Å². The van der Waals surface area contributed by atoms with Crippen LogP contribution in [0.25, 0.3) is 0 Å². The van der Waals surface area contributed by atoms with Crippen molar-refractivity contribution in [3.8, 4) is 0 Å². The third kappa shape index (κ3) is 8.83. The first-order chi connectivity index (χ1) is 0. The fraction of sp³-hybridized carbons (Fsp3) is 0. The molecule has 0 saturated carbocycles. The largest absolute Gasteiger partial charge is 0 e. The van der Waals surface area contributed by atoms with Crippen molar-refractivity contribution in [2.75, 3.05) is 0 Å². The maximum atomic E-state index is 0. The molecule has 0 rings (SSSR count). The molecule has 0 bridgehead atoms. The maximum Gasteiger partial charge on any atom is 0 e. The van der Waals surface area contributed by atoms with Crippen molar-refractivity contribution >= 4 is 0 Å². The molecule has 0 nitrogen and oxygen atoms in total. The van der Waals surface area contributed by atoms with Gasteiger partial charge in [0.25, 0.3) is 0 Å². The summed E-state index contributed by atoms with van der Waals surface area (Å²) in [6.07, 6.45) is 0. The van der Waals surface area contributed by atoms with E-state index in [-0.39, 0.29) is 84.3 Å². The van der Waals surface area contributed by atoms with Gasteiger partial charge in [-0.1, -0.05) is 0 Å². The van der Waals surface area contributed by atoms with Crippen LogP contribution in [0.5, 0.6) is 0 Å². The molecule has 0 saturated heterocycles. The minimum atomic E-state index is 0. The predicted molar refractivity (Wildman–Crippen MR) is 0 cm³/mol. The molecule has 0 spiro atoms. The average Bonchev–Trinajstić information content (AvgIpc) is 0. The summed E-state index contributed by atoms with van der Waals surface area (Å²) in [6.45, 7) is 0. The van der Waals surface area contributed by atoms with Gasteiger partial charge >= 0.3 is 0 Å². The van der Waals surface area contributed by atoms with E-state index < -0.39 is 0 Å². The Hall–Kier alpha value is 2.73. The fourth-order valence-electron chi connectivity index (χ4n) is 0. The Bertz CT molecular complexity index is 8.00. The van der Waals surface area contributed by atoms with Crippen molar-refractivity contribution in [3.63, 3.8) is 0 Å². The fourth-order valence-corrected chi connectivity index (χ4v) is 0. The van der Waals surface area contributed by atoms with Crippen LogP contribution in [0, 0.1) is 0 Å². The van der Waals surface area contributed by atoms with E-state index in [0.717, 1.165) is 0 Å². The number of hydrogen-bond donors (Lipinski definition) is 0. The molecule has 0 aromatic rings. The summed E-state index contributed by atoms with van der Waals surface area (Å²) in [4.78, 5) is 0. The molecule has 4 heavy (non-hydrogen) atoms. The van der Waals surface area contributed by atoms with Crippen LogP contribution in [-0.2, 0) is 84.3 Å². The predicted octanol–water partition coefficient (Wildman–Crippen LogP) is -0.0100. The molecule has 0 aliphatic carbocycles. The van der Waals surface area contributed by atoms with Gasteiger partial charge in [-0.05, 0) is 0 Å². The standard InChI is InChI=1S/Cd.Mo.Ni.Zn. The topological polar surface area (TPSA) is 0 Å². The van der Waals surface area contributed by atoms with Gasteiger partial charge in [-0.2, -0.15) is 0 Å². The van der Waals surface area contributed by atoms with Crippen LogP contribution < -0.4 is 0 Å². The monoisotopic (exact) mass is 334 g/mol. The van der Waals surface area contributed by atoms with Gasteiger partial charge in [-0.25, -0.2) is 0 Å². The molecule has 0 aromatic carbocycles. The normalized spacial score (nSPS) is 0. The van der Waals surface area contributed by atoms with Gasteiger partial charge in [0.05, 0.1) is 0 Å². The Kier molecular flexibility index (Phi) is 128. The van der Waals surface area contributed by atoms with E-state index in [0.29, 0.717) is 0 Å². The van der Waals surface area contributed by atoms with E-state index in [1.54, 1.807) is 0 Å². The molecule has 0 aliphatic rings. The molecule has 0 unspecified atom stereocenters. The second kappa shape index (κ2) is 17.2. The summed E-state index contributed by atoms with van der Waals surface area (Å²) < 4.78 is 0. The SMILES string of the molecule is [Cd].[Mo].[Ni].[Zn]. The summed E-state index contributed by atoms with van der Waals surface area (Å²) in [6, 6.07) is 0. The number of rotatable bonds is 0. The van der Waals surface area contributed by atoms with E-state index in [4.69, 9.17) is 0 Å². The van der Waals surface area contributed by atoms with Crippen LogP contribution in [0.15, 0.2) is 0 Å². The van der Waals surface area contributed by atoms with E-state index in [1.165, 1.54) is 0 Å². The van der Waals surface area contributed by atoms with Gasteiger partial charge in [0, 0.05) is 84.3 Å². The first kappa shape index (κ1) is 29.7. The third-order valence-electron chi connectivity index (χ3n) is 0. The van der Waals surface area contributed by atoms with Gasteiger partial charge in [-0.3, -0.25) is 0 Å². The van der Waals surface area contributed by atoms with Crippen LogP contribution >= 0.6 is 0 Å². The molecule has 0 fully saturated rings. The summed E-state index contributed by atoms with van der Waals surface area (Å²) >= 11 is 0. The summed E-state index contributed by atoms with van der Waals surface area (Å²) in [5.41, 5.74) is 0. The zero-order valence-electron chi connectivity index (χ0n) is 2.14. The second-order valence-corrected chi connectivity index (χ2v) is 0. The molecule has 0 aliphatic heterocycles. The summed E-state index contributed by atoms with van der Waals surface area (Å²) in [5, 5.41) is 0. The van der Waals surface area contributed by atoms with Crippen LogP contribution in [0.4, 0.5) is 0 Å². The molecule has 0 amide bonds. The minimum Gasteiger partial charge on any atom is 0 e. The van der Waals surface area contributed by atoms with Crippen molar-refractivity contribution in [1.29, 1.82) is 0 Å². The Morgan fingerprint density at radius 3 is 1.00 bits per heavy atom. The van der Waals surface area contributed by atoms with Crippen LogP contribution in [0.1, 0.15) is 0 Å². The molecule has 0 heterocycles. The molecule has 20 valence electrons. The van der Waals surface area contributed by atoms with Crippen molar-refractivity contribution < 1.29 is 84.3 Å². The Morgan fingerprint density at radius 2 is 1.00 bits per heavy atom. The molecule has 0 atom stereocenters. The Balaban J connectivity index is 0. The number of hydrogen-bond acceptors (Lipinski definition) is 0. The van der Waals surface area contributed by atoms with Gasteiger partial charge in [-0.15, -0.1) is 0 Å². The molecule has 0 radical (unpaired) electrons. The molecule has 0 N–H and O–H groups in total. The van der Waals surface area contributed by atoms with Crippen molar-refractivity contribution in [1.82, 2.24) is 0 Å². The van der Waals surface area contributed by atoms with E-state index >= 15 is 0 Å². The molecular formula is CdMoNiZn. The molecular weight excluding hydrogens is 332 g/mol. The molecule has 0 aromatic heterocycles. The van der Waals surface area contributed by atoms with Gasteiger partial charge in [0.15, 0.2) is 0 Å². The van der Waals surface area contributed by atoms with E-state index in [2.05, 4.69) is 0 Å². The van der Waals surface area contributed by atoms with Crippen LogP contribution in [0.3, 0.4) is 0 Å². The van der Waals surface area contributed by atoms with Gasteiger partial charge < -0.3 is 0 Å². The quantitative estimate of drug-likeness (QED) is 0.548. The van der Waals surface area contributed by atoms with Crippen molar-refractivity contribution in [3.05, 3.63) is 0 Å². The van der Waals surface area contributed by atoms with Crippen molar-refractivity contribution in [2.24, 2.45) is 0 Å². The summed E-state index contributed by atoms with van der Waals surface area (Å²) in [7, 11) is 0. The van der Waals surface area contributed by atoms with E-state index in [9.17, 15) is 0 Å². The van der Waals surface area contributed by atoms with Gasteiger partial charge in [0.2, 0.25) is 0 Å². The minimum absolute atomic E-state index is 0. The van der Waals surface area contributed by atoms with Crippen molar-refractivity contribution in [2.45, 2.75) is 0 Å². The second-order valence-electron chi connectivity index (χ2n) is 0. The average molecular weight is 332 g/mol. The first-order valence-electron chi connectivity index (χ1n) is 0. The van der Waals surface area contributed by atoms with Crippen LogP contribution in [-0.4, -0.2) is 0 Å².